The van der Waals surface area contributed by atoms with Crippen LogP contribution in [0.25, 0.3) is 0 Å². The zero-order valence-corrected chi connectivity index (χ0v) is 11.1. The van der Waals surface area contributed by atoms with Crippen LogP contribution in [0, 0.1) is 6.92 Å². The van der Waals surface area contributed by atoms with Crippen molar-refractivity contribution < 1.29 is 0 Å². The normalized spacial score (nSPS) is 10.3. The van der Waals surface area contributed by atoms with E-state index in [0.717, 1.165) is 24.3 Å². The number of aryl methyl sites for hydroxylation is 1. The fraction of sp³-hybridized carbons (Fsp3) is 0.250. The lowest BCUT2D eigenvalue weighted by atomic mass is 10.1. The second kappa shape index (κ2) is 5.58. The lowest BCUT2D eigenvalue weighted by molar-refractivity contribution is 0.874. The first kappa shape index (κ1) is 12.5. The van der Waals surface area contributed by atoms with E-state index in [-0.39, 0.29) is 0 Å². The van der Waals surface area contributed by atoms with Crippen molar-refractivity contribution in [1.82, 2.24) is 0 Å². The second-order valence-electron chi connectivity index (χ2n) is 4.67. The number of benzene rings is 2. The molecule has 0 fully saturated rings. The average Bonchev–Trinajstić information content (AvgIpc) is 2.37. The molecule has 0 saturated heterocycles. The molecule has 2 aromatic rings. The number of anilines is 2. The van der Waals surface area contributed by atoms with Gasteiger partial charge in [-0.15, -0.1) is 0 Å². The largest absolute Gasteiger partial charge is 0.397 e. The van der Waals surface area contributed by atoms with E-state index in [9.17, 15) is 0 Å². The van der Waals surface area contributed by atoms with Crippen molar-refractivity contribution in [3.05, 3.63) is 59.7 Å². The minimum absolute atomic E-state index is 0.852. The van der Waals surface area contributed by atoms with Gasteiger partial charge in [0.05, 0.1) is 11.4 Å². The molecule has 2 heteroatoms. The molecule has 0 heterocycles. The molecule has 18 heavy (non-hydrogen) atoms. The quantitative estimate of drug-likeness (QED) is 0.831. The standard InChI is InChI=1S/C16H20N2/c1-13-7-6-10-15(17)16(13)18(2)12-11-14-8-4-3-5-9-14/h3-10H,11-12,17H2,1-2H3. The van der Waals surface area contributed by atoms with Gasteiger partial charge in [0.25, 0.3) is 0 Å². The molecular weight excluding hydrogens is 220 g/mol. The zero-order chi connectivity index (χ0) is 13.0. The van der Waals surface area contributed by atoms with Crippen molar-refractivity contribution in [1.29, 1.82) is 0 Å². The summed E-state index contributed by atoms with van der Waals surface area (Å²) in [6, 6.07) is 16.6. The smallest absolute Gasteiger partial charge is 0.0627 e. The van der Waals surface area contributed by atoms with Gasteiger partial charge >= 0.3 is 0 Å². The zero-order valence-electron chi connectivity index (χ0n) is 11.1. The van der Waals surface area contributed by atoms with E-state index in [1.807, 2.05) is 18.2 Å². The highest BCUT2D eigenvalue weighted by atomic mass is 15.1. The fourth-order valence-electron chi connectivity index (χ4n) is 2.26. The minimum Gasteiger partial charge on any atom is -0.397 e. The molecule has 0 unspecified atom stereocenters. The van der Waals surface area contributed by atoms with Gasteiger partial charge < -0.3 is 10.6 Å². The summed E-state index contributed by atoms with van der Waals surface area (Å²) in [7, 11) is 2.10. The van der Waals surface area contributed by atoms with E-state index in [2.05, 4.69) is 49.2 Å². The highest BCUT2D eigenvalue weighted by Crippen LogP contribution is 2.26. The molecule has 0 saturated carbocycles. The van der Waals surface area contributed by atoms with Crippen LogP contribution in [-0.4, -0.2) is 13.6 Å². The third-order valence-electron chi connectivity index (χ3n) is 3.23. The highest BCUT2D eigenvalue weighted by Gasteiger charge is 2.07. The molecule has 2 N–H and O–H groups in total. The Bertz CT molecular complexity index is 486. The first-order chi connectivity index (χ1) is 8.68. The van der Waals surface area contributed by atoms with Crippen molar-refractivity contribution in [2.24, 2.45) is 0 Å². The van der Waals surface area contributed by atoms with Gasteiger partial charge in [0.15, 0.2) is 0 Å². The first-order valence-electron chi connectivity index (χ1n) is 6.28. The Morgan fingerprint density at radius 1 is 1.00 bits per heavy atom. The maximum atomic E-state index is 6.05. The molecule has 2 nitrogen and oxygen atoms in total. The summed E-state index contributed by atoms with van der Waals surface area (Å²) in [4.78, 5) is 2.23. The molecule has 0 radical (unpaired) electrons. The van der Waals surface area contributed by atoms with Gasteiger partial charge in [-0.05, 0) is 30.5 Å². The van der Waals surface area contributed by atoms with Gasteiger partial charge in [-0.3, -0.25) is 0 Å². The van der Waals surface area contributed by atoms with Crippen molar-refractivity contribution >= 4 is 11.4 Å². The third kappa shape index (κ3) is 2.83. The van der Waals surface area contributed by atoms with Crippen LogP contribution in [-0.2, 0) is 6.42 Å². The number of hydrogen-bond acceptors (Lipinski definition) is 2. The monoisotopic (exact) mass is 240 g/mol. The molecule has 0 aliphatic rings. The summed E-state index contributed by atoms with van der Waals surface area (Å²) in [6.45, 7) is 3.07. The average molecular weight is 240 g/mol. The Morgan fingerprint density at radius 2 is 1.72 bits per heavy atom. The molecule has 0 aromatic heterocycles. The Hall–Kier alpha value is -1.96. The number of rotatable bonds is 4. The van der Waals surface area contributed by atoms with Gasteiger partial charge in [-0.25, -0.2) is 0 Å². The van der Waals surface area contributed by atoms with Crippen molar-refractivity contribution in [2.45, 2.75) is 13.3 Å². The van der Waals surface area contributed by atoms with Gasteiger partial charge in [0.1, 0.15) is 0 Å². The first-order valence-corrected chi connectivity index (χ1v) is 6.28. The van der Waals surface area contributed by atoms with Crippen LogP contribution in [0.15, 0.2) is 48.5 Å². The van der Waals surface area contributed by atoms with E-state index in [4.69, 9.17) is 5.73 Å². The van der Waals surface area contributed by atoms with Gasteiger partial charge in [-0.2, -0.15) is 0 Å². The molecule has 2 rings (SSSR count). The number of nitrogens with two attached hydrogens (primary N) is 1. The SMILES string of the molecule is Cc1cccc(N)c1N(C)CCc1ccccc1. The van der Waals surface area contributed by atoms with E-state index >= 15 is 0 Å². The van der Waals surface area contributed by atoms with Crippen molar-refractivity contribution in [2.75, 3.05) is 24.2 Å². The number of hydrogen-bond donors (Lipinski definition) is 1. The molecule has 0 bridgehead atoms. The number of nitrogens with zero attached hydrogens (tertiary/aromatic N) is 1. The summed E-state index contributed by atoms with van der Waals surface area (Å²) in [6.07, 6.45) is 1.03. The van der Waals surface area contributed by atoms with Crippen molar-refractivity contribution in [3.63, 3.8) is 0 Å². The Balaban J connectivity index is 2.06. The maximum absolute atomic E-state index is 6.05. The summed E-state index contributed by atoms with van der Waals surface area (Å²) < 4.78 is 0. The van der Waals surface area contributed by atoms with Gasteiger partial charge in [0.2, 0.25) is 0 Å². The predicted molar refractivity (Wildman–Crippen MR) is 79.0 cm³/mol. The molecule has 94 valence electrons. The highest BCUT2D eigenvalue weighted by molar-refractivity contribution is 5.71. The van der Waals surface area contributed by atoms with Crippen LogP contribution in [0.5, 0.6) is 0 Å². The maximum Gasteiger partial charge on any atom is 0.0627 e. The van der Waals surface area contributed by atoms with Crippen LogP contribution in [0.3, 0.4) is 0 Å². The fourth-order valence-corrected chi connectivity index (χ4v) is 2.26. The second-order valence-corrected chi connectivity index (χ2v) is 4.67. The minimum atomic E-state index is 0.852. The van der Waals surface area contributed by atoms with Crippen LogP contribution in [0.4, 0.5) is 11.4 Å². The number of likely N-dealkylation sites (N-methyl/N-ethyl adjacent to an activating group) is 1. The predicted octanol–water partition coefficient (Wildman–Crippen LogP) is 3.26. The molecule has 2 aromatic carbocycles. The lowest BCUT2D eigenvalue weighted by Crippen LogP contribution is -2.22. The summed E-state index contributed by atoms with van der Waals surface area (Å²) >= 11 is 0. The van der Waals surface area contributed by atoms with Crippen LogP contribution >= 0.6 is 0 Å². The van der Waals surface area contributed by atoms with Crippen LogP contribution in [0.1, 0.15) is 11.1 Å². The summed E-state index contributed by atoms with van der Waals surface area (Å²) in [5.41, 5.74) is 10.6. The lowest BCUT2D eigenvalue weighted by Gasteiger charge is -2.23. The molecule has 0 aliphatic carbocycles. The molecular formula is C16H20N2. The van der Waals surface area contributed by atoms with Gasteiger partial charge in [-0.1, -0.05) is 42.5 Å². The Labute approximate surface area is 109 Å². The van der Waals surface area contributed by atoms with Gasteiger partial charge in [0, 0.05) is 13.6 Å². The third-order valence-corrected chi connectivity index (χ3v) is 3.23. The summed E-state index contributed by atoms with van der Waals surface area (Å²) in [5, 5.41) is 0. The van der Waals surface area contributed by atoms with E-state index in [0.29, 0.717) is 0 Å². The molecule has 0 atom stereocenters. The van der Waals surface area contributed by atoms with Crippen molar-refractivity contribution in [3.8, 4) is 0 Å². The Morgan fingerprint density at radius 3 is 2.39 bits per heavy atom. The molecule has 0 amide bonds. The summed E-state index contributed by atoms with van der Waals surface area (Å²) in [5.74, 6) is 0. The topological polar surface area (TPSA) is 29.3 Å². The number of nitrogen functional groups attached to an aromatic ring is 1. The number of para-hydroxylation sites is 1. The van der Waals surface area contributed by atoms with Crippen LogP contribution < -0.4 is 10.6 Å². The molecule has 0 spiro atoms. The van der Waals surface area contributed by atoms with E-state index < -0.39 is 0 Å². The van der Waals surface area contributed by atoms with E-state index in [1.165, 1.54) is 11.1 Å². The molecule has 0 aliphatic heterocycles. The van der Waals surface area contributed by atoms with Crippen LogP contribution in [0.2, 0.25) is 0 Å². The van der Waals surface area contributed by atoms with E-state index in [1.54, 1.807) is 0 Å². The Kier molecular flexibility index (Phi) is 3.88.